The Morgan fingerprint density at radius 2 is 1.91 bits per heavy atom. The minimum atomic E-state index is -3.24. The van der Waals surface area contributed by atoms with Crippen LogP contribution in [0.5, 0.6) is 0 Å². The van der Waals surface area contributed by atoms with E-state index in [1.807, 2.05) is 35.7 Å². The fraction of sp³-hybridized carbons (Fsp3) is 0.312. The predicted octanol–water partition coefficient (Wildman–Crippen LogP) is 2.75. The summed E-state index contributed by atoms with van der Waals surface area (Å²) in [7, 11) is -3.24. The molecule has 0 radical (unpaired) electrons. The number of sulfone groups is 1. The molecule has 4 nitrogen and oxygen atoms in total. The molecule has 1 atom stereocenters. The smallest absolute Gasteiger partial charge is 0.254 e. The van der Waals surface area contributed by atoms with E-state index in [0.29, 0.717) is 18.5 Å². The van der Waals surface area contributed by atoms with Crippen molar-refractivity contribution in [3.63, 3.8) is 0 Å². The van der Waals surface area contributed by atoms with Gasteiger partial charge in [-0.3, -0.25) is 4.79 Å². The quantitative estimate of drug-likeness (QED) is 0.848. The average molecular weight is 335 g/mol. The summed E-state index contributed by atoms with van der Waals surface area (Å²) in [6, 6.07) is 11.0. The number of hydrogen-bond donors (Lipinski definition) is 0. The van der Waals surface area contributed by atoms with E-state index >= 15 is 0 Å². The van der Waals surface area contributed by atoms with E-state index in [0.717, 1.165) is 5.56 Å². The Morgan fingerprint density at radius 3 is 2.59 bits per heavy atom. The minimum absolute atomic E-state index is 0.0163. The molecule has 1 aromatic heterocycles. The fourth-order valence-corrected chi connectivity index (χ4v) is 5.18. The van der Waals surface area contributed by atoms with Gasteiger partial charge in [-0.25, -0.2) is 8.42 Å². The number of hydrogen-bond acceptors (Lipinski definition) is 4. The Hall–Kier alpha value is -1.66. The highest BCUT2D eigenvalue weighted by Gasteiger charge is 2.32. The third-order valence-electron chi connectivity index (χ3n) is 3.97. The Labute approximate surface area is 134 Å². The summed E-state index contributed by atoms with van der Waals surface area (Å²) in [5.74, 6) is -0.0622. The van der Waals surface area contributed by atoms with E-state index in [2.05, 4.69) is 0 Å². The van der Waals surface area contributed by atoms with E-state index in [1.165, 1.54) is 11.3 Å². The number of carbonyl (C=O) groups is 1. The first kappa shape index (κ1) is 15.2. The van der Waals surface area contributed by atoms with Crippen LogP contribution in [0.3, 0.4) is 0 Å². The summed E-state index contributed by atoms with van der Waals surface area (Å²) in [5.41, 5.74) is 1.45. The number of carbonyl (C=O) groups excluding carboxylic acids is 1. The molecule has 1 saturated heterocycles. The Bertz CT molecular complexity index is 739. The van der Waals surface area contributed by atoms with Gasteiger partial charge >= 0.3 is 0 Å². The Kier molecular flexibility index (Phi) is 4.31. The molecule has 2 aromatic rings. The van der Waals surface area contributed by atoms with Crippen molar-refractivity contribution in [2.45, 2.75) is 11.7 Å². The molecule has 0 unspecified atom stereocenters. The van der Waals surface area contributed by atoms with Crippen LogP contribution in [0.1, 0.15) is 27.6 Å². The second-order valence-electron chi connectivity index (χ2n) is 5.36. The number of benzene rings is 1. The molecule has 1 fully saturated rings. The van der Waals surface area contributed by atoms with E-state index < -0.39 is 15.1 Å². The zero-order chi connectivity index (χ0) is 15.6. The van der Waals surface area contributed by atoms with Gasteiger partial charge in [0.2, 0.25) is 0 Å². The Balaban J connectivity index is 1.82. The van der Waals surface area contributed by atoms with Crippen LogP contribution in [-0.2, 0) is 9.84 Å². The summed E-state index contributed by atoms with van der Waals surface area (Å²) in [6.07, 6.45) is 0.447. The molecular weight excluding hydrogens is 318 g/mol. The molecule has 116 valence electrons. The third-order valence-corrected chi connectivity index (χ3v) is 6.78. The third kappa shape index (κ3) is 3.08. The Morgan fingerprint density at radius 1 is 1.14 bits per heavy atom. The van der Waals surface area contributed by atoms with Gasteiger partial charge in [-0.05, 0) is 23.4 Å². The van der Waals surface area contributed by atoms with Crippen LogP contribution in [-0.4, -0.2) is 38.1 Å². The summed E-state index contributed by atoms with van der Waals surface area (Å²) < 4.78 is 25.0. The summed E-state index contributed by atoms with van der Waals surface area (Å²) in [6.45, 7) is 0.730. The SMILES string of the molecule is O=C(c1ccsc1)N1CC[C@H](c2ccccc2)S(=O)(=O)CC1. The second-order valence-corrected chi connectivity index (χ2v) is 8.44. The van der Waals surface area contributed by atoms with Crippen LogP contribution >= 0.6 is 11.3 Å². The lowest BCUT2D eigenvalue weighted by Gasteiger charge is -2.19. The van der Waals surface area contributed by atoms with Crippen molar-refractivity contribution in [1.29, 1.82) is 0 Å². The minimum Gasteiger partial charge on any atom is -0.338 e. The topological polar surface area (TPSA) is 54.5 Å². The van der Waals surface area contributed by atoms with Gasteiger partial charge in [0.25, 0.3) is 5.91 Å². The first-order valence-electron chi connectivity index (χ1n) is 7.16. The van der Waals surface area contributed by atoms with Crippen molar-refractivity contribution >= 4 is 27.1 Å². The lowest BCUT2D eigenvalue weighted by atomic mass is 10.1. The standard InChI is InChI=1S/C16H17NO3S2/c18-16(14-7-10-21-12-14)17-8-6-15(22(19,20)11-9-17)13-4-2-1-3-5-13/h1-5,7,10,12,15H,6,8-9,11H2/t15-/m1/s1. The van der Waals surface area contributed by atoms with Crippen molar-refractivity contribution in [2.24, 2.45) is 0 Å². The highest BCUT2D eigenvalue weighted by atomic mass is 32.2. The summed E-state index contributed by atoms with van der Waals surface area (Å²) in [4.78, 5) is 14.1. The number of rotatable bonds is 2. The van der Waals surface area contributed by atoms with E-state index in [-0.39, 0.29) is 18.2 Å². The normalized spacial score (nSPS) is 21.3. The molecule has 1 aliphatic heterocycles. The molecule has 6 heteroatoms. The van der Waals surface area contributed by atoms with Crippen LogP contribution in [0.15, 0.2) is 47.2 Å². The van der Waals surface area contributed by atoms with Gasteiger partial charge in [-0.15, -0.1) is 0 Å². The maximum Gasteiger partial charge on any atom is 0.254 e. The first-order valence-corrected chi connectivity index (χ1v) is 9.82. The van der Waals surface area contributed by atoms with Gasteiger partial charge in [0.05, 0.1) is 16.6 Å². The van der Waals surface area contributed by atoms with Gasteiger partial charge in [-0.2, -0.15) is 11.3 Å². The number of thiophene rings is 1. The monoisotopic (exact) mass is 335 g/mol. The van der Waals surface area contributed by atoms with Crippen LogP contribution in [0.4, 0.5) is 0 Å². The molecule has 0 saturated carbocycles. The molecule has 1 aromatic carbocycles. The van der Waals surface area contributed by atoms with E-state index in [4.69, 9.17) is 0 Å². The van der Waals surface area contributed by atoms with Crippen LogP contribution in [0, 0.1) is 0 Å². The highest BCUT2D eigenvalue weighted by molar-refractivity contribution is 7.91. The van der Waals surface area contributed by atoms with Gasteiger partial charge < -0.3 is 4.90 Å². The second kappa shape index (κ2) is 6.22. The average Bonchev–Trinajstić information content (AvgIpc) is 3.00. The molecule has 22 heavy (non-hydrogen) atoms. The molecule has 0 N–H and O–H groups in total. The van der Waals surface area contributed by atoms with Crippen molar-refractivity contribution < 1.29 is 13.2 Å². The lowest BCUT2D eigenvalue weighted by Crippen LogP contribution is -2.33. The van der Waals surface area contributed by atoms with Crippen LogP contribution in [0.2, 0.25) is 0 Å². The molecule has 3 rings (SSSR count). The molecule has 0 bridgehead atoms. The van der Waals surface area contributed by atoms with Crippen molar-refractivity contribution in [1.82, 2.24) is 4.90 Å². The summed E-state index contributed by atoms with van der Waals surface area (Å²) in [5, 5.41) is 3.14. The fourth-order valence-electron chi connectivity index (χ4n) is 2.76. The molecule has 0 aliphatic carbocycles. The van der Waals surface area contributed by atoms with Gasteiger partial charge in [-0.1, -0.05) is 30.3 Å². The zero-order valence-electron chi connectivity index (χ0n) is 12.0. The van der Waals surface area contributed by atoms with Crippen molar-refractivity contribution in [3.8, 4) is 0 Å². The summed E-state index contributed by atoms with van der Waals surface area (Å²) >= 11 is 1.47. The van der Waals surface area contributed by atoms with Crippen LogP contribution < -0.4 is 0 Å². The largest absolute Gasteiger partial charge is 0.338 e. The predicted molar refractivity (Wildman–Crippen MR) is 87.8 cm³/mol. The van der Waals surface area contributed by atoms with E-state index in [1.54, 1.807) is 16.3 Å². The van der Waals surface area contributed by atoms with Gasteiger partial charge in [0.1, 0.15) is 0 Å². The van der Waals surface area contributed by atoms with Gasteiger partial charge in [0.15, 0.2) is 9.84 Å². The van der Waals surface area contributed by atoms with Crippen LogP contribution in [0.25, 0.3) is 0 Å². The molecule has 2 heterocycles. The molecule has 0 spiro atoms. The number of nitrogens with zero attached hydrogens (tertiary/aromatic N) is 1. The van der Waals surface area contributed by atoms with Crippen molar-refractivity contribution in [2.75, 3.05) is 18.8 Å². The highest BCUT2D eigenvalue weighted by Crippen LogP contribution is 2.29. The zero-order valence-corrected chi connectivity index (χ0v) is 13.6. The first-order chi connectivity index (χ1) is 10.6. The van der Waals surface area contributed by atoms with Gasteiger partial charge in [0, 0.05) is 18.5 Å². The van der Waals surface area contributed by atoms with Crippen molar-refractivity contribution in [3.05, 3.63) is 58.3 Å². The molecule has 1 aliphatic rings. The maximum atomic E-state index is 12.5. The maximum absolute atomic E-state index is 12.5. The van der Waals surface area contributed by atoms with E-state index in [9.17, 15) is 13.2 Å². The number of amides is 1. The molecule has 1 amide bonds. The lowest BCUT2D eigenvalue weighted by molar-refractivity contribution is 0.0767. The molecular formula is C16H17NO3S2.